The van der Waals surface area contributed by atoms with Crippen LogP contribution in [-0.4, -0.2) is 32.1 Å². The number of rotatable bonds is 6. The van der Waals surface area contributed by atoms with Crippen molar-refractivity contribution in [3.63, 3.8) is 0 Å². The van der Waals surface area contributed by atoms with Crippen LogP contribution in [0.3, 0.4) is 0 Å². The van der Waals surface area contributed by atoms with Gasteiger partial charge in [-0.15, -0.1) is 0 Å². The van der Waals surface area contributed by atoms with E-state index in [9.17, 15) is 0 Å². The van der Waals surface area contributed by atoms with Crippen LogP contribution in [0.15, 0.2) is 30.3 Å². The van der Waals surface area contributed by atoms with Crippen LogP contribution in [0.25, 0.3) is 0 Å². The molecule has 0 saturated heterocycles. The molecule has 0 bridgehead atoms. The van der Waals surface area contributed by atoms with Crippen molar-refractivity contribution in [2.24, 2.45) is 0 Å². The van der Waals surface area contributed by atoms with Gasteiger partial charge in [-0.3, -0.25) is 4.90 Å². The molecule has 1 atom stereocenters. The number of hydrogen-bond donors (Lipinski definition) is 1. The topological polar surface area (TPSA) is 15.3 Å². The summed E-state index contributed by atoms with van der Waals surface area (Å²) in [6.45, 7) is 4.37. The lowest BCUT2D eigenvalue weighted by Crippen LogP contribution is -2.30. The fourth-order valence-electron chi connectivity index (χ4n) is 1.92. The molecule has 2 heteroatoms. The Balaban J connectivity index is 2.63. The molecule has 0 aliphatic heterocycles. The zero-order chi connectivity index (χ0) is 11.1. The molecule has 1 unspecified atom stereocenters. The molecule has 0 aliphatic carbocycles. The van der Waals surface area contributed by atoms with Gasteiger partial charge in [0.15, 0.2) is 0 Å². The molecule has 15 heavy (non-hydrogen) atoms. The van der Waals surface area contributed by atoms with Crippen LogP contribution in [0.4, 0.5) is 0 Å². The van der Waals surface area contributed by atoms with Gasteiger partial charge in [-0.2, -0.15) is 0 Å². The fraction of sp³-hybridized carbons (Fsp3) is 0.538. The van der Waals surface area contributed by atoms with E-state index >= 15 is 0 Å². The molecule has 1 aromatic rings. The minimum atomic E-state index is 0.541. The quantitative estimate of drug-likeness (QED) is 0.768. The van der Waals surface area contributed by atoms with Crippen LogP contribution in [-0.2, 0) is 0 Å². The summed E-state index contributed by atoms with van der Waals surface area (Å²) < 4.78 is 0. The third kappa shape index (κ3) is 3.65. The fourth-order valence-corrected chi connectivity index (χ4v) is 1.92. The largest absolute Gasteiger partial charge is 0.318 e. The zero-order valence-electron chi connectivity index (χ0n) is 10.0. The summed E-state index contributed by atoms with van der Waals surface area (Å²) in [6.07, 6.45) is 1.16. The zero-order valence-corrected chi connectivity index (χ0v) is 10.0. The molecule has 0 aromatic heterocycles. The molecule has 0 aliphatic rings. The first kappa shape index (κ1) is 12.2. The molecular formula is C13H22N2. The summed E-state index contributed by atoms with van der Waals surface area (Å²) in [6, 6.07) is 11.3. The Morgan fingerprint density at radius 2 is 1.93 bits per heavy atom. The summed E-state index contributed by atoms with van der Waals surface area (Å²) in [5.74, 6) is 0. The SMILES string of the molecule is CCC(c1ccccc1)N(C)CCNC. The van der Waals surface area contributed by atoms with E-state index in [0.29, 0.717) is 6.04 Å². The van der Waals surface area contributed by atoms with Gasteiger partial charge in [0.25, 0.3) is 0 Å². The molecular weight excluding hydrogens is 184 g/mol. The Bertz CT molecular complexity index is 258. The van der Waals surface area contributed by atoms with E-state index in [1.807, 2.05) is 7.05 Å². The predicted molar refractivity (Wildman–Crippen MR) is 66.0 cm³/mol. The van der Waals surface area contributed by atoms with Gasteiger partial charge in [-0.1, -0.05) is 37.3 Å². The maximum Gasteiger partial charge on any atom is 0.0342 e. The molecule has 0 fully saturated rings. The third-order valence-corrected chi connectivity index (χ3v) is 2.82. The number of nitrogens with zero attached hydrogens (tertiary/aromatic N) is 1. The lowest BCUT2D eigenvalue weighted by Gasteiger charge is -2.27. The second-order valence-corrected chi connectivity index (χ2v) is 3.92. The normalized spacial score (nSPS) is 13.1. The first-order valence-electron chi connectivity index (χ1n) is 5.69. The highest BCUT2D eigenvalue weighted by Gasteiger charge is 2.13. The van der Waals surface area contributed by atoms with Gasteiger partial charge in [0.05, 0.1) is 0 Å². The molecule has 84 valence electrons. The molecule has 0 saturated carbocycles. The predicted octanol–water partition coefficient (Wildman–Crippen LogP) is 2.29. The molecule has 1 rings (SSSR count). The number of benzene rings is 1. The van der Waals surface area contributed by atoms with E-state index in [0.717, 1.165) is 19.5 Å². The van der Waals surface area contributed by atoms with E-state index in [1.54, 1.807) is 0 Å². The summed E-state index contributed by atoms with van der Waals surface area (Å²) in [4.78, 5) is 2.41. The van der Waals surface area contributed by atoms with Gasteiger partial charge < -0.3 is 5.32 Å². The van der Waals surface area contributed by atoms with Crippen LogP contribution >= 0.6 is 0 Å². The summed E-state index contributed by atoms with van der Waals surface area (Å²) in [5.41, 5.74) is 1.42. The summed E-state index contributed by atoms with van der Waals surface area (Å²) in [7, 11) is 4.19. The van der Waals surface area contributed by atoms with E-state index in [1.165, 1.54) is 5.56 Å². The Kier molecular flexibility index (Phi) is 5.37. The smallest absolute Gasteiger partial charge is 0.0342 e. The first-order valence-corrected chi connectivity index (χ1v) is 5.69. The second-order valence-electron chi connectivity index (χ2n) is 3.92. The lowest BCUT2D eigenvalue weighted by atomic mass is 10.0. The highest BCUT2D eigenvalue weighted by molar-refractivity contribution is 5.18. The highest BCUT2D eigenvalue weighted by atomic mass is 15.1. The van der Waals surface area contributed by atoms with Gasteiger partial charge in [0.2, 0.25) is 0 Å². The monoisotopic (exact) mass is 206 g/mol. The third-order valence-electron chi connectivity index (χ3n) is 2.82. The number of hydrogen-bond acceptors (Lipinski definition) is 2. The molecule has 0 spiro atoms. The van der Waals surface area contributed by atoms with Crippen molar-refractivity contribution >= 4 is 0 Å². The Morgan fingerprint density at radius 3 is 2.47 bits per heavy atom. The molecule has 1 N–H and O–H groups in total. The Hall–Kier alpha value is -0.860. The van der Waals surface area contributed by atoms with E-state index in [4.69, 9.17) is 0 Å². The van der Waals surface area contributed by atoms with Crippen LogP contribution in [0, 0.1) is 0 Å². The van der Waals surface area contributed by atoms with Gasteiger partial charge in [-0.05, 0) is 26.1 Å². The van der Waals surface area contributed by atoms with Gasteiger partial charge >= 0.3 is 0 Å². The van der Waals surface area contributed by atoms with Crippen LogP contribution in [0.1, 0.15) is 24.9 Å². The van der Waals surface area contributed by atoms with Crippen molar-refractivity contribution in [2.75, 3.05) is 27.2 Å². The van der Waals surface area contributed by atoms with Crippen LogP contribution in [0.5, 0.6) is 0 Å². The van der Waals surface area contributed by atoms with Crippen molar-refractivity contribution in [3.05, 3.63) is 35.9 Å². The average Bonchev–Trinajstić information content (AvgIpc) is 2.29. The van der Waals surface area contributed by atoms with Crippen molar-refractivity contribution in [2.45, 2.75) is 19.4 Å². The van der Waals surface area contributed by atoms with Gasteiger partial charge in [0.1, 0.15) is 0 Å². The molecule has 0 radical (unpaired) electrons. The van der Waals surface area contributed by atoms with E-state index < -0.39 is 0 Å². The van der Waals surface area contributed by atoms with E-state index in [2.05, 4.69) is 54.5 Å². The number of likely N-dealkylation sites (N-methyl/N-ethyl adjacent to an activating group) is 2. The van der Waals surface area contributed by atoms with Crippen LogP contribution in [0.2, 0.25) is 0 Å². The van der Waals surface area contributed by atoms with Crippen molar-refractivity contribution in [3.8, 4) is 0 Å². The Morgan fingerprint density at radius 1 is 1.27 bits per heavy atom. The van der Waals surface area contributed by atoms with Gasteiger partial charge in [-0.25, -0.2) is 0 Å². The van der Waals surface area contributed by atoms with Crippen LogP contribution < -0.4 is 5.32 Å². The van der Waals surface area contributed by atoms with E-state index in [-0.39, 0.29) is 0 Å². The van der Waals surface area contributed by atoms with Crippen molar-refractivity contribution in [1.82, 2.24) is 10.2 Å². The molecule has 0 amide bonds. The second kappa shape index (κ2) is 6.59. The lowest BCUT2D eigenvalue weighted by molar-refractivity contribution is 0.240. The molecule has 0 heterocycles. The van der Waals surface area contributed by atoms with Crippen molar-refractivity contribution < 1.29 is 0 Å². The molecule has 2 nitrogen and oxygen atoms in total. The first-order chi connectivity index (χ1) is 7.29. The van der Waals surface area contributed by atoms with Crippen molar-refractivity contribution in [1.29, 1.82) is 0 Å². The minimum absolute atomic E-state index is 0.541. The van der Waals surface area contributed by atoms with Gasteiger partial charge in [0, 0.05) is 19.1 Å². The average molecular weight is 206 g/mol. The highest BCUT2D eigenvalue weighted by Crippen LogP contribution is 2.21. The summed E-state index contributed by atoms with van der Waals surface area (Å²) in [5, 5.41) is 3.19. The Labute approximate surface area is 93.3 Å². The molecule has 1 aromatic carbocycles. The maximum atomic E-state index is 3.19. The maximum absolute atomic E-state index is 3.19. The standard InChI is InChI=1S/C13H22N2/c1-4-13(15(3)11-10-14-2)12-8-6-5-7-9-12/h5-9,13-14H,4,10-11H2,1-3H3. The minimum Gasteiger partial charge on any atom is -0.318 e. The summed E-state index contributed by atoms with van der Waals surface area (Å²) >= 11 is 0. The number of nitrogens with one attached hydrogen (secondary N) is 1.